The number of hydrogen-bond acceptors (Lipinski definition) is 2. The lowest BCUT2D eigenvalue weighted by atomic mass is 10.1. The Kier molecular flexibility index (Phi) is 3.83. The van der Waals surface area contributed by atoms with Crippen LogP contribution in [0.3, 0.4) is 0 Å². The molecule has 0 amide bonds. The van der Waals surface area contributed by atoms with Gasteiger partial charge in [0, 0.05) is 18.3 Å². The Hall–Kier alpha value is -1.02. The number of unbranched alkanes of at least 4 members (excludes halogenated alkanes) is 1. The van der Waals surface area contributed by atoms with Gasteiger partial charge in [0.15, 0.2) is 0 Å². The second-order valence-corrected chi connectivity index (χ2v) is 4.82. The van der Waals surface area contributed by atoms with E-state index in [1.807, 2.05) is 0 Å². The Morgan fingerprint density at radius 1 is 1.38 bits per heavy atom. The summed E-state index contributed by atoms with van der Waals surface area (Å²) < 4.78 is 0. The lowest BCUT2D eigenvalue weighted by molar-refractivity contribution is 0.314. The van der Waals surface area contributed by atoms with Crippen LogP contribution in [0.2, 0.25) is 0 Å². The van der Waals surface area contributed by atoms with Crippen molar-refractivity contribution in [1.82, 2.24) is 4.90 Å². The number of nitrogens with zero attached hydrogens (tertiary/aromatic N) is 1. The van der Waals surface area contributed by atoms with Gasteiger partial charge in [0.25, 0.3) is 0 Å². The Morgan fingerprint density at radius 2 is 2.19 bits per heavy atom. The highest BCUT2D eigenvalue weighted by Gasteiger charge is 2.20. The Bertz CT molecular complexity index is 310. The molecule has 2 heteroatoms. The SMILES string of the molecule is CCCCN(C)C[C@H]1Cc2ccccc2N1. The topological polar surface area (TPSA) is 15.3 Å². The summed E-state index contributed by atoms with van der Waals surface area (Å²) in [6, 6.07) is 9.24. The van der Waals surface area contributed by atoms with Crippen molar-refractivity contribution in [3.63, 3.8) is 0 Å². The summed E-state index contributed by atoms with van der Waals surface area (Å²) in [5, 5.41) is 3.60. The summed E-state index contributed by atoms with van der Waals surface area (Å²) in [5.74, 6) is 0. The van der Waals surface area contributed by atoms with Crippen LogP contribution in [0.15, 0.2) is 24.3 Å². The molecule has 0 fully saturated rings. The van der Waals surface area contributed by atoms with Crippen molar-refractivity contribution in [2.45, 2.75) is 32.2 Å². The van der Waals surface area contributed by atoms with E-state index in [9.17, 15) is 0 Å². The van der Waals surface area contributed by atoms with E-state index in [1.54, 1.807) is 0 Å². The zero-order chi connectivity index (χ0) is 11.4. The maximum absolute atomic E-state index is 3.60. The summed E-state index contributed by atoms with van der Waals surface area (Å²) >= 11 is 0. The highest BCUT2D eigenvalue weighted by Crippen LogP contribution is 2.25. The molecule has 88 valence electrons. The summed E-state index contributed by atoms with van der Waals surface area (Å²) in [6.45, 7) is 4.61. The van der Waals surface area contributed by atoms with Crippen LogP contribution in [0, 0.1) is 0 Å². The van der Waals surface area contributed by atoms with Gasteiger partial charge in [-0.05, 0) is 38.1 Å². The van der Waals surface area contributed by atoms with Crippen LogP contribution in [-0.4, -0.2) is 31.1 Å². The third kappa shape index (κ3) is 2.76. The van der Waals surface area contributed by atoms with Crippen LogP contribution in [0.5, 0.6) is 0 Å². The largest absolute Gasteiger partial charge is 0.380 e. The van der Waals surface area contributed by atoms with Crippen LogP contribution < -0.4 is 5.32 Å². The molecule has 0 aromatic heterocycles. The minimum absolute atomic E-state index is 0.597. The molecule has 16 heavy (non-hydrogen) atoms. The van der Waals surface area contributed by atoms with Crippen LogP contribution in [0.25, 0.3) is 0 Å². The first-order valence-corrected chi connectivity index (χ1v) is 6.32. The van der Waals surface area contributed by atoms with Gasteiger partial charge in [-0.1, -0.05) is 31.5 Å². The van der Waals surface area contributed by atoms with Crippen LogP contribution in [-0.2, 0) is 6.42 Å². The smallest absolute Gasteiger partial charge is 0.0429 e. The molecule has 0 radical (unpaired) electrons. The summed E-state index contributed by atoms with van der Waals surface area (Å²) in [4.78, 5) is 2.44. The van der Waals surface area contributed by atoms with Gasteiger partial charge in [0.1, 0.15) is 0 Å². The van der Waals surface area contributed by atoms with Gasteiger partial charge in [-0.2, -0.15) is 0 Å². The highest BCUT2D eigenvalue weighted by molar-refractivity contribution is 5.56. The van der Waals surface area contributed by atoms with Crippen molar-refractivity contribution in [2.75, 3.05) is 25.5 Å². The van der Waals surface area contributed by atoms with Crippen molar-refractivity contribution in [3.05, 3.63) is 29.8 Å². The van der Waals surface area contributed by atoms with Crippen molar-refractivity contribution in [1.29, 1.82) is 0 Å². The van der Waals surface area contributed by atoms with Gasteiger partial charge in [-0.3, -0.25) is 0 Å². The predicted octanol–water partition coefficient (Wildman–Crippen LogP) is 2.76. The fourth-order valence-corrected chi connectivity index (χ4v) is 2.38. The molecule has 0 spiro atoms. The molecule has 0 unspecified atom stereocenters. The van der Waals surface area contributed by atoms with Crippen LogP contribution >= 0.6 is 0 Å². The maximum atomic E-state index is 3.60. The van der Waals surface area contributed by atoms with E-state index in [0.717, 1.165) is 6.54 Å². The lowest BCUT2D eigenvalue weighted by Gasteiger charge is -2.21. The van der Waals surface area contributed by atoms with E-state index in [0.29, 0.717) is 6.04 Å². The highest BCUT2D eigenvalue weighted by atomic mass is 15.1. The van der Waals surface area contributed by atoms with Crippen molar-refractivity contribution >= 4 is 5.69 Å². The number of benzene rings is 1. The fourth-order valence-electron chi connectivity index (χ4n) is 2.38. The second-order valence-electron chi connectivity index (χ2n) is 4.82. The van der Waals surface area contributed by atoms with E-state index in [1.165, 1.54) is 37.1 Å². The fraction of sp³-hybridized carbons (Fsp3) is 0.571. The molecule has 0 saturated carbocycles. The Labute approximate surface area is 98.7 Å². The molecule has 0 aliphatic carbocycles. The molecule has 2 rings (SSSR count). The average Bonchev–Trinajstić information content (AvgIpc) is 2.68. The molecule has 0 saturated heterocycles. The quantitative estimate of drug-likeness (QED) is 0.817. The van der Waals surface area contributed by atoms with Gasteiger partial charge in [0.05, 0.1) is 0 Å². The van der Waals surface area contributed by atoms with E-state index in [4.69, 9.17) is 0 Å². The lowest BCUT2D eigenvalue weighted by Crippen LogP contribution is -2.33. The third-order valence-electron chi connectivity index (χ3n) is 3.27. The monoisotopic (exact) mass is 218 g/mol. The first kappa shape index (κ1) is 11.5. The average molecular weight is 218 g/mol. The molecular weight excluding hydrogens is 196 g/mol. The first-order chi connectivity index (χ1) is 7.79. The molecular formula is C14H22N2. The molecule has 1 atom stereocenters. The summed E-state index contributed by atoms with van der Waals surface area (Å²) in [5.41, 5.74) is 2.80. The number of likely N-dealkylation sites (N-methyl/N-ethyl adjacent to an activating group) is 1. The van der Waals surface area contributed by atoms with E-state index in [2.05, 4.69) is 48.5 Å². The van der Waals surface area contributed by atoms with Gasteiger partial charge in [-0.15, -0.1) is 0 Å². The van der Waals surface area contributed by atoms with Gasteiger partial charge in [0.2, 0.25) is 0 Å². The first-order valence-electron chi connectivity index (χ1n) is 6.32. The predicted molar refractivity (Wildman–Crippen MR) is 70.0 cm³/mol. The normalized spacial score (nSPS) is 18.6. The number of fused-ring (bicyclic) bond motifs is 1. The molecule has 1 N–H and O–H groups in total. The van der Waals surface area contributed by atoms with Crippen LogP contribution in [0.4, 0.5) is 5.69 Å². The molecule has 0 bridgehead atoms. The van der Waals surface area contributed by atoms with Gasteiger partial charge in [-0.25, -0.2) is 0 Å². The van der Waals surface area contributed by atoms with Crippen molar-refractivity contribution in [3.8, 4) is 0 Å². The zero-order valence-corrected chi connectivity index (χ0v) is 10.4. The molecule has 1 heterocycles. The third-order valence-corrected chi connectivity index (χ3v) is 3.27. The molecule has 1 aliphatic heterocycles. The van der Waals surface area contributed by atoms with Crippen LogP contribution in [0.1, 0.15) is 25.3 Å². The number of hydrogen-bond donors (Lipinski definition) is 1. The number of para-hydroxylation sites is 1. The zero-order valence-electron chi connectivity index (χ0n) is 10.4. The van der Waals surface area contributed by atoms with Gasteiger partial charge >= 0.3 is 0 Å². The van der Waals surface area contributed by atoms with E-state index >= 15 is 0 Å². The number of rotatable bonds is 5. The Morgan fingerprint density at radius 3 is 2.94 bits per heavy atom. The van der Waals surface area contributed by atoms with Gasteiger partial charge < -0.3 is 10.2 Å². The van der Waals surface area contributed by atoms with Crippen molar-refractivity contribution < 1.29 is 0 Å². The minimum Gasteiger partial charge on any atom is -0.380 e. The molecule has 1 aliphatic rings. The molecule has 1 aromatic rings. The summed E-state index contributed by atoms with van der Waals surface area (Å²) in [7, 11) is 2.22. The minimum atomic E-state index is 0.597. The number of nitrogens with one attached hydrogen (secondary N) is 1. The molecule has 1 aromatic carbocycles. The second kappa shape index (κ2) is 5.35. The summed E-state index contributed by atoms with van der Waals surface area (Å²) in [6.07, 6.45) is 3.76. The standard InChI is InChI=1S/C14H22N2/c1-3-4-9-16(2)11-13-10-12-7-5-6-8-14(12)15-13/h5-8,13,15H,3-4,9-11H2,1-2H3/t13-/m1/s1. The maximum Gasteiger partial charge on any atom is 0.0429 e. The Balaban J connectivity index is 1.82. The molecule has 2 nitrogen and oxygen atoms in total. The van der Waals surface area contributed by atoms with E-state index < -0.39 is 0 Å². The van der Waals surface area contributed by atoms with E-state index in [-0.39, 0.29) is 0 Å². The van der Waals surface area contributed by atoms with Crippen molar-refractivity contribution in [2.24, 2.45) is 0 Å². The number of anilines is 1.